The Morgan fingerprint density at radius 1 is 1.26 bits per heavy atom. The monoisotopic (exact) mass is 318 g/mol. The molecule has 1 heterocycles. The number of rotatable bonds is 7. The molecule has 8 nitrogen and oxygen atoms in total. The van der Waals surface area contributed by atoms with Crippen LogP contribution >= 0.6 is 0 Å². The van der Waals surface area contributed by atoms with Gasteiger partial charge in [0.05, 0.1) is 6.21 Å². The van der Waals surface area contributed by atoms with E-state index in [4.69, 9.17) is 14.6 Å². The largest absolute Gasteiger partial charge is 0.481 e. The van der Waals surface area contributed by atoms with E-state index in [9.17, 15) is 14.7 Å². The fourth-order valence-electron chi connectivity index (χ4n) is 1.79. The number of hydrogen-bond donors (Lipinski definition) is 3. The van der Waals surface area contributed by atoms with Crippen LogP contribution in [0.4, 0.5) is 0 Å². The minimum atomic E-state index is -1.26. The van der Waals surface area contributed by atoms with E-state index in [0.717, 1.165) is 6.21 Å². The van der Waals surface area contributed by atoms with Gasteiger partial charge in [0.2, 0.25) is 5.89 Å². The van der Waals surface area contributed by atoms with Crippen LogP contribution in [0.1, 0.15) is 18.5 Å². The Morgan fingerprint density at radius 2 is 1.96 bits per heavy atom. The summed E-state index contributed by atoms with van der Waals surface area (Å²) >= 11 is 0. The second-order valence-corrected chi connectivity index (χ2v) is 4.64. The van der Waals surface area contributed by atoms with Crippen LogP contribution in [0.25, 0.3) is 11.5 Å². The first-order chi connectivity index (χ1) is 11.0. The summed E-state index contributed by atoms with van der Waals surface area (Å²) in [6, 6.07) is 7.60. The quantitative estimate of drug-likeness (QED) is 0.662. The molecule has 0 aliphatic carbocycles. The average Bonchev–Trinajstić information content (AvgIpc) is 2.89. The Labute approximate surface area is 130 Å². The van der Waals surface area contributed by atoms with Gasteiger partial charge < -0.3 is 19.7 Å². The number of hydrogen-bond acceptors (Lipinski definition) is 6. The number of aliphatic carboxylic acids is 2. The van der Waals surface area contributed by atoms with E-state index >= 15 is 0 Å². The zero-order chi connectivity index (χ0) is 16.8. The predicted octanol–water partition coefficient (Wildman–Crippen LogP) is 1.78. The maximum Gasteiger partial charge on any atom is 0.328 e. The molecule has 0 spiro atoms. The Bertz CT molecular complexity index is 723. The van der Waals surface area contributed by atoms with Crippen molar-refractivity contribution in [3.05, 3.63) is 36.0 Å². The molecule has 0 saturated heterocycles. The highest BCUT2D eigenvalue weighted by Crippen LogP contribution is 2.25. The molecule has 0 amide bonds. The summed E-state index contributed by atoms with van der Waals surface area (Å²) in [7, 11) is 0. The molecule has 0 fully saturated rings. The van der Waals surface area contributed by atoms with Gasteiger partial charge in [0.15, 0.2) is 5.69 Å². The summed E-state index contributed by atoms with van der Waals surface area (Å²) in [5.41, 5.74) is 0.619. The minimum Gasteiger partial charge on any atom is -0.481 e. The van der Waals surface area contributed by atoms with Crippen molar-refractivity contribution in [2.45, 2.75) is 18.9 Å². The zero-order valence-electron chi connectivity index (χ0n) is 11.9. The molecule has 1 aromatic heterocycles. The molecule has 2 aromatic rings. The van der Waals surface area contributed by atoms with E-state index in [-0.39, 0.29) is 24.4 Å². The third-order valence-electron chi connectivity index (χ3n) is 2.95. The SMILES string of the molecule is O=C(O)CC[C@H](N=Cc1nc(-c2ccccc2)oc1O)C(=O)O. The van der Waals surface area contributed by atoms with Gasteiger partial charge in [-0.1, -0.05) is 18.2 Å². The summed E-state index contributed by atoms with van der Waals surface area (Å²) < 4.78 is 5.10. The highest BCUT2D eigenvalue weighted by Gasteiger charge is 2.18. The topological polar surface area (TPSA) is 133 Å². The fraction of sp³-hybridized carbons (Fsp3) is 0.200. The van der Waals surface area contributed by atoms with Crippen molar-refractivity contribution in [1.82, 2.24) is 4.98 Å². The number of carbonyl (C=O) groups is 2. The zero-order valence-corrected chi connectivity index (χ0v) is 11.9. The molecule has 0 saturated carbocycles. The number of oxazole rings is 1. The van der Waals surface area contributed by atoms with Gasteiger partial charge in [0, 0.05) is 12.0 Å². The first-order valence-electron chi connectivity index (χ1n) is 6.70. The van der Waals surface area contributed by atoms with Gasteiger partial charge >= 0.3 is 17.9 Å². The number of benzene rings is 1. The maximum absolute atomic E-state index is 11.0. The van der Waals surface area contributed by atoms with Gasteiger partial charge in [0.25, 0.3) is 0 Å². The molecule has 0 radical (unpaired) electrons. The van der Waals surface area contributed by atoms with Crippen molar-refractivity contribution in [3.63, 3.8) is 0 Å². The maximum atomic E-state index is 11.0. The van der Waals surface area contributed by atoms with Crippen LogP contribution in [-0.2, 0) is 9.59 Å². The lowest BCUT2D eigenvalue weighted by atomic mass is 10.1. The van der Waals surface area contributed by atoms with E-state index in [1.807, 2.05) is 6.07 Å². The molecule has 1 aromatic carbocycles. The number of aromatic hydroxyl groups is 1. The van der Waals surface area contributed by atoms with Gasteiger partial charge in [0.1, 0.15) is 6.04 Å². The van der Waals surface area contributed by atoms with Crippen molar-refractivity contribution in [3.8, 4) is 17.4 Å². The summed E-state index contributed by atoms with van der Waals surface area (Å²) in [5.74, 6) is -2.69. The smallest absolute Gasteiger partial charge is 0.328 e. The molecule has 0 bridgehead atoms. The average molecular weight is 318 g/mol. The lowest BCUT2D eigenvalue weighted by molar-refractivity contribution is -0.139. The highest BCUT2D eigenvalue weighted by molar-refractivity contribution is 5.84. The van der Waals surface area contributed by atoms with Crippen molar-refractivity contribution < 1.29 is 29.3 Å². The molecule has 0 aliphatic heterocycles. The lowest BCUT2D eigenvalue weighted by Crippen LogP contribution is -2.19. The summed E-state index contributed by atoms with van der Waals surface area (Å²) in [6.45, 7) is 0. The Morgan fingerprint density at radius 3 is 2.57 bits per heavy atom. The molecular formula is C15H14N2O6. The van der Waals surface area contributed by atoms with Gasteiger partial charge in [-0.25, -0.2) is 9.78 Å². The van der Waals surface area contributed by atoms with Crippen molar-refractivity contribution in [2.75, 3.05) is 0 Å². The Hall–Kier alpha value is -3.16. The standard InChI is InChI=1S/C15H14N2O6/c18-12(19)7-6-10(14(20)21)16-8-11-15(22)23-13(17-11)9-4-2-1-3-5-9/h1-5,8,10,22H,6-7H2,(H,18,19)(H,20,21)/t10-/m0/s1. The summed E-state index contributed by atoms with van der Waals surface area (Å²) in [4.78, 5) is 29.3. The Kier molecular flexibility index (Phi) is 5.08. The van der Waals surface area contributed by atoms with Gasteiger partial charge in [-0.15, -0.1) is 0 Å². The number of aromatic nitrogens is 1. The van der Waals surface area contributed by atoms with Crippen LogP contribution in [0.5, 0.6) is 5.95 Å². The van der Waals surface area contributed by atoms with Crippen molar-refractivity contribution in [2.24, 2.45) is 4.99 Å². The molecule has 2 rings (SSSR count). The van der Waals surface area contributed by atoms with Crippen LogP contribution < -0.4 is 0 Å². The number of aliphatic imine (C=N–C) groups is 1. The third-order valence-corrected chi connectivity index (χ3v) is 2.95. The first kappa shape index (κ1) is 16.2. The third kappa shape index (κ3) is 4.40. The van der Waals surface area contributed by atoms with E-state index in [1.165, 1.54) is 0 Å². The molecule has 0 aliphatic rings. The second kappa shape index (κ2) is 7.21. The number of nitrogens with zero attached hydrogens (tertiary/aromatic N) is 2. The van der Waals surface area contributed by atoms with Crippen LogP contribution in [0.15, 0.2) is 39.7 Å². The predicted molar refractivity (Wildman–Crippen MR) is 79.5 cm³/mol. The minimum absolute atomic E-state index is 0.0228. The molecule has 8 heteroatoms. The fourth-order valence-corrected chi connectivity index (χ4v) is 1.79. The van der Waals surface area contributed by atoms with E-state index in [0.29, 0.717) is 5.56 Å². The second-order valence-electron chi connectivity index (χ2n) is 4.64. The van der Waals surface area contributed by atoms with Gasteiger partial charge in [-0.2, -0.15) is 0 Å². The summed E-state index contributed by atoms with van der Waals surface area (Å²) in [5, 5.41) is 27.3. The molecule has 120 valence electrons. The van der Waals surface area contributed by atoms with E-state index in [1.54, 1.807) is 24.3 Å². The molecule has 3 N–H and O–H groups in total. The van der Waals surface area contributed by atoms with E-state index < -0.39 is 23.9 Å². The van der Waals surface area contributed by atoms with Crippen molar-refractivity contribution >= 4 is 18.2 Å². The first-order valence-corrected chi connectivity index (χ1v) is 6.70. The van der Waals surface area contributed by atoms with Crippen LogP contribution in [-0.4, -0.2) is 44.5 Å². The van der Waals surface area contributed by atoms with Crippen LogP contribution in [0.2, 0.25) is 0 Å². The van der Waals surface area contributed by atoms with Gasteiger partial charge in [-0.05, 0) is 18.6 Å². The highest BCUT2D eigenvalue weighted by atomic mass is 16.5. The van der Waals surface area contributed by atoms with E-state index in [2.05, 4.69) is 9.98 Å². The molecule has 23 heavy (non-hydrogen) atoms. The summed E-state index contributed by atoms with van der Waals surface area (Å²) in [6.07, 6.45) is 0.575. The molecule has 0 unspecified atom stereocenters. The number of carboxylic acid groups (broad SMARTS) is 2. The normalized spacial score (nSPS) is 12.3. The molecule has 1 atom stereocenters. The number of carboxylic acids is 2. The van der Waals surface area contributed by atoms with Crippen molar-refractivity contribution in [1.29, 1.82) is 0 Å². The van der Waals surface area contributed by atoms with Crippen LogP contribution in [0.3, 0.4) is 0 Å². The lowest BCUT2D eigenvalue weighted by Gasteiger charge is -2.04. The van der Waals surface area contributed by atoms with Gasteiger partial charge in [-0.3, -0.25) is 9.79 Å². The molecular weight excluding hydrogens is 304 g/mol. The van der Waals surface area contributed by atoms with Crippen LogP contribution in [0, 0.1) is 0 Å². The Balaban J connectivity index is 2.16.